The maximum atomic E-state index is 12.7. The molecule has 2 heterocycles. The summed E-state index contributed by atoms with van der Waals surface area (Å²) in [6.45, 7) is 7.88. The van der Waals surface area contributed by atoms with Crippen molar-refractivity contribution < 1.29 is 9.21 Å². The van der Waals surface area contributed by atoms with Crippen LogP contribution in [0.2, 0.25) is 0 Å². The van der Waals surface area contributed by atoms with E-state index in [0.29, 0.717) is 13.1 Å². The Kier molecular flexibility index (Phi) is 6.48. The van der Waals surface area contributed by atoms with Crippen LogP contribution in [0, 0.1) is 13.8 Å². The number of furan rings is 1. The minimum Gasteiger partial charge on any atom is -0.468 e. The van der Waals surface area contributed by atoms with Gasteiger partial charge in [-0.2, -0.15) is 0 Å². The summed E-state index contributed by atoms with van der Waals surface area (Å²) in [6.07, 6.45) is 1.67. The summed E-state index contributed by atoms with van der Waals surface area (Å²) in [6, 6.07) is 14.3. The zero-order chi connectivity index (χ0) is 19.2. The lowest BCUT2D eigenvalue weighted by atomic mass is 10.0. The monoisotopic (exact) mass is 382 g/mol. The second-order valence-corrected chi connectivity index (χ2v) is 7.97. The van der Waals surface area contributed by atoms with E-state index in [-0.39, 0.29) is 11.9 Å². The van der Waals surface area contributed by atoms with Crippen LogP contribution < -0.4 is 5.32 Å². The molecule has 3 aromatic rings. The molecule has 1 unspecified atom stereocenters. The van der Waals surface area contributed by atoms with E-state index in [2.05, 4.69) is 53.7 Å². The zero-order valence-corrected chi connectivity index (χ0v) is 16.9. The van der Waals surface area contributed by atoms with Crippen molar-refractivity contribution in [3.05, 3.63) is 81.4 Å². The molecule has 5 heteroatoms. The van der Waals surface area contributed by atoms with Gasteiger partial charge in [0, 0.05) is 11.4 Å². The minimum atomic E-state index is -0.0241. The fraction of sp³-hybridized carbons (Fsp3) is 0.318. The Labute approximate surface area is 164 Å². The van der Waals surface area contributed by atoms with Gasteiger partial charge in [0.1, 0.15) is 5.76 Å². The first-order valence-corrected chi connectivity index (χ1v) is 10.0. The van der Waals surface area contributed by atoms with Gasteiger partial charge >= 0.3 is 0 Å². The zero-order valence-electron chi connectivity index (χ0n) is 16.1. The first kappa shape index (κ1) is 19.4. The van der Waals surface area contributed by atoms with Crippen LogP contribution in [0.3, 0.4) is 0 Å². The highest BCUT2D eigenvalue weighted by molar-refractivity contribution is 7.09. The van der Waals surface area contributed by atoms with E-state index in [4.69, 9.17) is 4.42 Å². The molecule has 0 fully saturated rings. The maximum Gasteiger partial charge on any atom is 0.234 e. The molecule has 0 aliphatic carbocycles. The lowest BCUT2D eigenvalue weighted by molar-refractivity contribution is -0.123. The third-order valence-electron chi connectivity index (χ3n) is 4.69. The third kappa shape index (κ3) is 5.55. The van der Waals surface area contributed by atoms with E-state index in [1.54, 1.807) is 17.6 Å². The van der Waals surface area contributed by atoms with Gasteiger partial charge in [-0.3, -0.25) is 9.69 Å². The van der Waals surface area contributed by atoms with Crippen molar-refractivity contribution in [1.29, 1.82) is 0 Å². The fourth-order valence-electron chi connectivity index (χ4n) is 3.02. The molecule has 0 bridgehead atoms. The van der Waals surface area contributed by atoms with Crippen molar-refractivity contribution >= 4 is 17.2 Å². The van der Waals surface area contributed by atoms with E-state index < -0.39 is 0 Å². The van der Waals surface area contributed by atoms with Crippen LogP contribution in [-0.4, -0.2) is 17.4 Å². The first-order chi connectivity index (χ1) is 13.0. The molecule has 0 aliphatic heterocycles. The van der Waals surface area contributed by atoms with Gasteiger partial charge in [-0.25, -0.2) is 0 Å². The van der Waals surface area contributed by atoms with Crippen LogP contribution in [0.1, 0.15) is 40.3 Å². The highest BCUT2D eigenvalue weighted by Gasteiger charge is 2.16. The lowest BCUT2D eigenvalue weighted by Gasteiger charge is -2.22. The smallest absolute Gasteiger partial charge is 0.234 e. The number of hydrogen-bond donors (Lipinski definition) is 1. The van der Waals surface area contributed by atoms with Crippen molar-refractivity contribution in [2.45, 2.75) is 39.9 Å². The van der Waals surface area contributed by atoms with E-state index in [1.807, 2.05) is 25.1 Å². The van der Waals surface area contributed by atoms with Crippen molar-refractivity contribution in [3.63, 3.8) is 0 Å². The van der Waals surface area contributed by atoms with Crippen LogP contribution in [0.15, 0.2) is 58.5 Å². The van der Waals surface area contributed by atoms with E-state index in [1.165, 1.54) is 16.0 Å². The first-order valence-electron chi connectivity index (χ1n) is 9.15. The SMILES string of the molecule is Cc1ccc(C(C)NC(=O)CN(Cc2ccco2)Cc2cccs2)cc1C. The number of carbonyl (C=O) groups is 1. The number of amides is 1. The number of nitrogens with zero attached hydrogens (tertiary/aromatic N) is 1. The molecule has 27 heavy (non-hydrogen) atoms. The number of benzene rings is 1. The molecule has 0 saturated heterocycles. The van der Waals surface area contributed by atoms with Gasteiger partial charge in [0.2, 0.25) is 5.91 Å². The van der Waals surface area contributed by atoms with E-state index >= 15 is 0 Å². The molecule has 0 aliphatic rings. The highest BCUT2D eigenvalue weighted by Crippen LogP contribution is 2.18. The van der Waals surface area contributed by atoms with Crippen LogP contribution in [0.5, 0.6) is 0 Å². The van der Waals surface area contributed by atoms with Gasteiger partial charge in [-0.1, -0.05) is 24.3 Å². The number of hydrogen-bond acceptors (Lipinski definition) is 4. The Morgan fingerprint density at radius 3 is 2.67 bits per heavy atom. The Balaban J connectivity index is 1.63. The summed E-state index contributed by atoms with van der Waals surface area (Å²) in [5, 5.41) is 5.18. The number of rotatable bonds is 8. The molecule has 2 aromatic heterocycles. The van der Waals surface area contributed by atoms with Gasteiger partial charge < -0.3 is 9.73 Å². The predicted molar refractivity (Wildman–Crippen MR) is 110 cm³/mol. The summed E-state index contributed by atoms with van der Waals surface area (Å²) in [5.41, 5.74) is 3.63. The molecule has 1 amide bonds. The average Bonchev–Trinajstić information content (AvgIpc) is 3.31. The quantitative estimate of drug-likeness (QED) is 0.606. The summed E-state index contributed by atoms with van der Waals surface area (Å²) in [5.74, 6) is 0.880. The maximum absolute atomic E-state index is 12.7. The second kappa shape index (κ2) is 9.02. The Morgan fingerprint density at radius 1 is 1.15 bits per heavy atom. The third-order valence-corrected chi connectivity index (χ3v) is 5.56. The number of nitrogens with one attached hydrogen (secondary N) is 1. The van der Waals surface area contributed by atoms with Gasteiger partial charge in [0.25, 0.3) is 0 Å². The Morgan fingerprint density at radius 2 is 2.00 bits per heavy atom. The molecular weight excluding hydrogens is 356 g/mol. The molecule has 1 atom stereocenters. The fourth-order valence-corrected chi connectivity index (χ4v) is 3.77. The van der Waals surface area contributed by atoms with Crippen molar-refractivity contribution in [3.8, 4) is 0 Å². The molecule has 3 rings (SSSR count). The lowest BCUT2D eigenvalue weighted by Crippen LogP contribution is -2.37. The number of thiophene rings is 1. The summed E-state index contributed by atoms with van der Waals surface area (Å²) in [7, 11) is 0. The molecule has 0 saturated carbocycles. The molecule has 0 radical (unpaired) electrons. The van der Waals surface area contributed by atoms with Gasteiger partial charge in [0.15, 0.2) is 0 Å². The minimum absolute atomic E-state index is 0.0174. The largest absolute Gasteiger partial charge is 0.468 e. The number of carbonyl (C=O) groups excluding carboxylic acids is 1. The standard InChI is InChI=1S/C22H26N2O2S/c1-16-8-9-19(12-17(16)2)18(3)23-22(25)15-24(13-20-6-4-10-26-20)14-21-7-5-11-27-21/h4-12,18H,13-15H2,1-3H3,(H,23,25). The highest BCUT2D eigenvalue weighted by atomic mass is 32.1. The Hall–Kier alpha value is -2.37. The average molecular weight is 383 g/mol. The topological polar surface area (TPSA) is 45.5 Å². The summed E-state index contributed by atoms with van der Waals surface area (Å²) < 4.78 is 5.47. The molecule has 142 valence electrons. The van der Waals surface area contributed by atoms with Crippen molar-refractivity contribution in [2.24, 2.45) is 0 Å². The molecule has 1 N–H and O–H groups in total. The van der Waals surface area contributed by atoms with Crippen LogP contribution in [-0.2, 0) is 17.9 Å². The molecule has 4 nitrogen and oxygen atoms in total. The molecule has 0 spiro atoms. The van der Waals surface area contributed by atoms with E-state index in [9.17, 15) is 4.79 Å². The Bertz CT molecular complexity index is 820. The molecule has 1 aromatic carbocycles. The van der Waals surface area contributed by atoms with Gasteiger partial charge in [-0.05, 0) is 61.0 Å². The van der Waals surface area contributed by atoms with Gasteiger partial charge in [0.05, 0.1) is 25.4 Å². The molecular formula is C22H26N2O2S. The normalized spacial score (nSPS) is 12.3. The summed E-state index contributed by atoms with van der Waals surface area (Å²) in [4.78, 5) is 16.0. The van der Waals surface area contributed by atoms with Crippen LogP contribution >= 0.6 is 11.3 Å². The number of aryl methyl sites for hydroxylation is 2. The van der Waals surface area contributed by atoms with Crippen molar-refractivity contribution in [2.75, 3.05) is 6.54 Å². The van der Waals surface area contributed by atoms with Gasteiger partial charge in [-0.15, -0.1) is 11.3 Å². The summed E-state index contributed by atoms with van der Waals surface area (Å²) >= 11 is 1.70. The van der Waals surface area contributed by atoms with Crippen molar-refractivity contribution in [1.82, 2.24) is 10.2 Å². The second-order valence-electron chi connectivity index (χ2n) is 6.94. The van der Waals surface area contributed by atoms with Crippen LogP contribution in [0.4, 0.5) is 0 Å². The van der Waals surface area contributed by atoms with Crippen LogP contribution in [0.25, 0.3) is 0 Å². The predicted octanol–water partition coefficient (Wildman–Crippen LogP) is 4.84. The van der Waals surface area contributed by atoms with E-state index in [0.717, 1.165) is 17.9 Å².